The number of carbonyl (C=O) groups is 1. The Labute approximate surface area is 166 Å². The molecule has 0 saturated heterocycles. The van der Waals surface area contributed by atoms with Gasteiger partial charge in [-0.3, -0.25) is 4.79 Å². The Hall–Kier alpha value is -2.31. The van der Waals surface area contributed by atoms with Gasteiger partial charge in [-0.15, -0.1) is 0 Å². The van der Waals surface area contributed by atoms with Crippen LogP contribution < -0.4 is 4.90 Å². The van der Waals surface area contributed by atoms with Crippen molar-refractivity contribution in [1.82, 2.24) is 14.4 Å². The Bertz CT molecular complexity index is 1020. The van der Waals surface area contributed by atoms with Gasteiger partial charge < -0.3 is 14.4 Å². The number of carboxylic acid groups (broad SMARTS) is 1. The summed E-state index contributed by atoms with van der Waals surface area (Å²) in [7, 11) is 1.97. The lowest BCUT2D eigenvalue weighted by Gasteiger charge is -2.31. The van der Waals surface area contributed by atoms with Gasteiger partial charge >= 0.3 is 5.97 Å². The van der Waals surface area contributed by atoms with Crippen LogP contribution in [0.25, 0.3) is 5.52 Å². The Morgan fingerprint density at radius 3 is 2.74 bits per heavy atom. The zero-order valence-electron chi connectivity index (χ0n) is 14.7. The van der Waals surface area contributed by atoms with Crippen molar-refractivity contribution in [2.24, 2.45) is 0 Å². The van der Waals surface area contributed by atoms with E-state index in [1.54, 1.807) is 18.5 Å². The molecule has 0 fully saturated rings. The maximum absolute atomic E-state index is 11.4. The summed E-state index contributed by atoms with van der Waals surface area (Å²) in [4.78, 5) is 22.0. The molecule has 0 saturated carbocycles. The van der Waals surface area contributed by atoms with E-state index < -0.39 is 5.97 Å². The van der Waals surface area contributed by atoms with Gasteiger partial charge in [-0.05, 0) is 36.1 Å². The largest absolute Gasteiger partial charge is 0.481 e. The van der Waals surface area contributed by atoms with Crippen molar-refractivity contribution in [2.75, 3.05) is 11.9 Å². The summed E-state index contributed by atoms with van der Waals surface area (Å²) in [6.45, 7) is 0. The number of aromatic nitrogens is 3. The first-order valence-corrected chi connectivity index (χ1v) is 9.42. The van der Waals surface area contributed by atoms with Crippen LogP contribution in [0.2, 0.25) is 10.0 Å². The zero-order valence-corrected chi connectivity index (χ0v) is 16.2. The molecule has 0 radical (unpaired) electrons. The summed E-state index contributed by atoms with van der Waals surface area (Å²) < 4.78 is 2.04. The average Bonchev–Trinajstić information content (AvgIpc) is 2.94. The third-order valence-corrected chi connectivity index (χ3v) is 5.60. The van der Waals surface area contributed by atoms with E-state index in [0.717, 1.165) is 41.6 Å². The molecule has 0 aromatic carbocycles. The Kier molecular flexibility index (Phi) is 4.70. The van der Waals surface area contributed by atoms with Gasteiger partial charge in [0.15, 0.2) is 0 Å². The molecule has 3 heterocycles. The molecular weight excluding hydrogens is 387 g/mol. The van der Waals surface area contributed by atoms with Crippen molar-refractivity contribution in [1.29, 1.82) is 0 Å². The molecule has 0 bridgehead atoms. The summed E-state index contributed by atoms with van der Waals surface area (Å²) in [5.74, 6) is -0.202. The molecule has 1 unspecified atom stereocenters. The first kappa shape index (κ1) is 18.1. The first-order valence-electron chi connectivity index (χ1n) is 8.66. The van der Waals surface area contributed by atoms with Gasteiger partial charge in [-0.2, -0.15) is 0 Å². The number of carboxylic acids is 1. The molecule has 3 aromatic heterocycles. The van der Waals surface area contributed by atoms with Crippen LogP contribution in [0.3, 0.4) is 0 Å². The van der Waals surface area contributed by atoms with E-state index >= 15 is 0 Å². The van der Waals surface area contributed by atoms with E-state index in [0.29, 0.717) is 16.0 Å². The highest BCUT2D eigenvalue weighted by Crippen LogP contribution is 2.33. The molecule has 4 rings (SSSR count). The van der Waals surface area contributed by atoms with Gasteiger partial charge in [-0.1, -0.05) is 23.2 Å². The van der Waals surface area contributed by atoms with E-state index in [9.17, 15) is 9.90 Å². The van der Waals surface area contributed by atoms with Gasteiger partial charge in [0, 0.05) is 36.9 Å². The van der Waals surface area contributed by atoms with E-state index in [4.69, 9.17) is 23.2 Å². The van der Waals surface area contributed by atoms with Gasteiger partial charge in [0.1, 0.15) is 0 Å². The van der Waals surface area contributed by atoms with Crippen LogP contribution >= 0.6 is 23.2 Å². The second-order valence-electron chi connectivity index (χ2n) is 6.79. The Balaban J connectivity index is 1.73. The highest BCUT2D eigenvalue weighted by atomic mass is 35.5. The number of rotatable bonds is 4. The highest BCUT2D eigenvalue weighted by Gasteiger charge is 2.29. The summed E-state index contributed by atoms with van der Waals surface area (Å²) in [5, 5.41) is 10.5. The fourth-order valence-corrected chi connectivity index (χ4v) is 4.16. The van der Waals surface area contributed by atoms with E-state index in [1.807, 2.05) is 23.7 Å². The minimum atomic E-state index is -0.825. The number of likely N-dealkylation sites (N-methyl/N-ethyl adjacent to an activating group) is 1. The number of fused-ring (bicyclic) bond motifs is 3. The first-order chi connectivity index (χ1) is 12.9. The van der Waals surface area contributed by atoms with Crippen LogP contribution in [0.4, 0.5) is 5.95 Å². The minimum Gasteiger partial charge on any atom is -0.481 e. The number of aliphatic carboxylic acids is 1. The Morgan fingerprint density at radius 2 is 2.04 bits per heavy atom. The Morgan fingerprint density at radius 1 is 1.30 bits per heavy atom. The molecular formula is C19H18Cl2N4O2. The maximum atomic E-state index is 11.4. The molecule has 0 spiro atoms. The third kappa shape index (κ3) is 3.35. The molecule has 8 heteroatoms. The topological polar surface area (TPSA) is 70.7 Å². The summed E-state index contributed by atoms with van der Waals surface area (Å²) in [5.41, 5.74) is 4.04. The van der Waals surface area contributed by atoms with Gasteiger partial charge in [0.05, 0.1) is 28.9 Å². The molecule has 27 heavy (non-hydrogen) atoms. The minimum absolute atomic E-state index is 0.0151. The molecule has 1 atom stereocenters. The van der Waals surface area contributed by atoms with Crippen molar-refractivity contribution in [3.63, 3.8) is 0 Å². The van der Waals surface area contributed by atoms with E-state index in [1.165, 1.54) is 0 Å². The smallest absolute Gasteiger partial charge is 0.307 e. The quantitative estimate of drug-likeness (QED) is 0.718. The second-order valence-corrected chi connectivity index (χ2v) is 7.66. The maximum Gasteiger partial charge on any atom is 0.307 e. The van der Waals surface area contributed by atoms with Crippen molar-refractivity contribution >= 4 is 40.6 Å². The SMILES string of the molecule is CN(c1ncc(Cl)cn1)C1CCc2c(CC(=O)O)c3ccc(Cl)cn3c2C1. The van der Waals surface area contributed by atoms with Crippen LogP contribution in [-0.4, -0.2) is 38.5 Å². The normalized spacial score (nSPS) is 16.3. The number of pyridine rings is 1. The third-order valence-electron chi connectivity index (χ3n) is 5.18. The molecule has 3 aromatic rings. The molecule has 1 N–H and O–H groups in total. The van der Waals surface area contributed by atoms with E-state index in [2.05, 4.69) is 14.9 Å². The molecule has 6 nitrogen and oxygen atoms in total. The number of anilines is 1. The second kappa shape index (κ2) is 7.02. The fraction of sp³-hybridized carbons (Fsp3) is 0.316. The fourth-order valence-electron chi connectivity index (χ4n) is 3.90. The monoisotopic (exact) mass is 404 g/mol. The summed E-state index contributed by atoms with van der Waals surface area (Å²) in [6, 6.07) is 3.91. The van der Waals surface area contributed by atoms with Crippen molar-refractivity contribution < 1.29 is 9.90 Å². The van der Waals surface area contributed by atoms with Crippen LogP contribution in [0.15, 0.2) is 30.7 Å². The zero-order chi connectivity index (χ0) is 19.1. The average molecular weight is 405 g/mol. The molecule has 1 aliphatic rings. The molecule has 0 amide bonds. The van der Waals surface area contributed by atoms with Crippen molar-refractivity contribution in [3.8, 4) is 0 Å². The van der Waals surface area contributed by atoms with Gasteiger partial charge in [0.25, 0.3) is 0 Å². The summed E-state index contributed by atoms with van der Waals surface area (Å²) in [6.07, 6.45) is 7.52. The number of hydrogen-bond acceptors (Lipinski definition) is 4. The lowest BCUT2D eigenvalue weighted by atomic mass is 9.89. The van der Waals surface area contributed by atoms with E-state index in [-0.39, 0.29) is 12.5 Å². The van der Waals surface area contributed by atoms with Gasteiger partial charge in [0.2, 0.25) is 5.95 Å². The molecule has 1 aliphatic carbocycles. The van der Waals surface area contributed by atoms with Gasteiger partial charge in [-0.25, -0.2) is 9.97 Å². The number of nitrogens with zero attached hydrogens (tertiary/aromatic N) is 4. The number of hydrogen-bond donors (Lipinski definition) is 1. The predicted octanol–water partition coefficient (Wildman–Crippen LogP) is 3.66. The lowest BCUT2D eigenvalue weighted by Crippen LogP contribution is -2.37. The van der Waals surface area contributed by atoms with Crippen LogP contribution in [0.1, 0.15) is 23.2 Å². The highest BCUT2D eigenvalue weighted by molar-refractivity contribution is 6.30. The van der Waals surface area contributed by atoms with Crippen molar-refractivity contribution in [3.05, 3.63) is 57.6 Å². The van der Waals surface area contributed by atoms with Crippen LogP contribution in [0, 0.1) is 0 Å². The lowest BCUT2D eigenvalue weighted by molar-refractivity contribution is -0.136. The molecule has 0 aliphatic heterocycles. The standard InChI is InChI=1S/C19H18Cl2N4O2/c1-24(19-22-8-12(21)9-23-19)13-3-4-14-15(7-18(26)27)16-5-2-11(20)10-25(16)17(14)6-13/h2,5,8-10,13H,3-4,6-7H2,1H3,(H,26,27). The molecule has 140 valence electrons. The predicted molar refractivity (Wildman–Crippen MR) is 105 cm³/mol. The van der Waals surface area contributed by atoms with Crippen LogP contribution in [-0.2, 0) is 24.1 Å². The van der Waals surface area contributed by atoms with Crippen molar-refractivity contribution in [2.45, 2.75) is 31.7 Å². The summed E-state index contributed by atoms with van der Waals surface area (Å²) >= 11 is 12.1. The number of halogens is 2. The van der Waals surface area contributed by atoms with Crippen LogP contribution in [0.5, 0.6) is 0 Å².